The Bertz CT molecular complexity index is 598. The molecule has 2 N–H and O–H groups in total. The van der Waals surface area contributed by atoms with Gasteiger partial charge in [-0.15, -0.1) is 24.0 Å². The van der Waals surface area contributed by atoms with E-state index in [9.17, 15) is 0 Å². The van der Waals surface area contributed by atoms with Crippen LogP contribution in [0.15, 0.2) is 29.3 Å². The van der Waals surface area contributed by atoms with Gasteiger partial charge in [-0.2, -0.15) is 0 Å². The minimum atomic E-state index is 0. The largest absolute Gasteiger partial charge is 0.379 e. The van der Waals surface area contributed by atoms with E-state index in [4.69, 9.17) is 14.5 Å². The summed E-state index contributed by atoms with van der Waals surface area (Å²) < 4.78 is 11.1. The van der Waals surface area contributed by atoms with Crippen LogP contribution in [0, 0.1) is 5.41 Å². The number of benzene rings is 1. The number of anilines is 1. The molecule has 0 radical (unpaired) electrons. The van der Waals surface area contributed by atoms with Crippen molar-refractivity contribution >= 4 is 35.6 Å². The van der Waals surface area contributed by atoms with Gasteiger partial charge >= 0.3 is 0 Å². The second kappa shape index (κ2) is 12.5. The molecule has 7 heteroatoms. The molecule has 1 saturated heterocycles. The number of rotatable bonds is 7. The Hall–Kier alpha value is -1.06. The quantitative estimate of drug-likeness (QED) is 0.339. The van der Waals surface area contributed by atoms with E-state index in [1.165, 1.54) is 11.3 Å². The summed E-state index contributed by atoms with van der Waals surface area (Å²) in [6, 6.07) is 8.51. The topological polar surface area (TPSA) is 58.1 Å². The van der Waals surface area contributed by atoms with Crippen molar-refractivity contribution < 1.29 is 9.47 Å². The van der Waals surface area contributed by atoms with Crippen LogP contribution in [0.3, 0.4) is 0 Å². The first-order valence-electron chi connectivity index (χ1n) is 9.91. The molecular formula is C21H37IN4O2. The number of hydrogen-bond acceptors (Lipinski definition) is 4. The lowest BCUT2D eigenvalue weighted by Crippen LogP contribution is -2.45. The Kier molecular flexibility index (Phi) is 11.1. The molecule has 1 aliphatic rings. The van der Waals surface area contributed by atoms with Crippen molar-refractivity contribution in [2.45, 2.75) is 40.3 Å². The van der Waals surface area contributed by atoms with E-state index in [2.05, 4.69) is 67.5 Å². The fourth-order valence-electron chi connectivity index (χ4n) is 3.20. The zero-order chi connectivity index (χ0) is 19.7. The summed E-state index contributed by atoms with van der Waals surface area (Å²) in [5.41, 5.74) is 2.56. The van der Waals surface area contributed by atoms with Crippen LogP contribution >= 0.6 is 24.0 Å². The highest BCUT2D eigenvalue weighted by Gasteiger charge is 2.24. The highest BCUT2D eigenvalue weighted by atomic mass is 127. The standard InChI is InChI=1S/C21H36N4O2.HI/c1-6-22-20(24-16-19(26-5)21(2,3)4)23-15-17-9-7-8-10-18(17)25-11-13-27-14-12-25;/h7-10,19H,6,11-16H2,1-5H3,(H2,22,23,24);1H. The van der Waals surface area contributed by atoms with E-state index >= 15 is 0 Å². The zero-order valence-electron chi connectivity index (χ0n) is 18.0. The molecule has 0 aromatic heterocycles. The molecule has 6 nitrogen and oxygen atoms in total. The fraction of sp³-hybridized carbons (Fsp3) is 0.667. The third kappa shape index (κ3) is 7.75. The van der Waals surface area contributed by atoms with Crippen LogP contribution in [0.5, 0.6) is 0 Å². The molecular weight excluding hydrogens is 467 g/mol. The van der Waals surface area contributed by atoms with Gasteiger partial charge in [-0.1, -0.05) is 39.0 Å². The van der Waals surface area contributed by atoms with E-state index in [1.807, 2.05) is 0 Å². The molecule has 1 aromatic carbocycles. The number of ether oxygens (including phenoxy) is 2. The van der Waals surface area contributed by atoms with Crippen LogP contribution in [-0.2, 0) is 16.0 Å². The molecule has 1 heterocycles. The number of guanidine groups is 1. The summed E-state index contributed by atoms with van der Waals surface area (Å²) >= 11 is 0. The molecule has 1 unspecified atom stereocenters. The summed E-state index contributed by atoms with van der Waals surface area (Å²) in [7, 11) is 1.76. The molecule has 0 saturated carbocycles. The summed E-state index contributed by atoms with van der Waals surface area (Å²) in [6.07, 6.45) is 0.113. The highest BCUT2D eigenvalue weighted by Crippen LogP contribution is 2.23. The molecule has 0 aliphatic carbocycles. The second-order valence-corrected chi connectivity index (χ2v) is 7.89. The van der Waals surface area contributed by atoms with Crippen LogP contribution in [0.1, 0.15) is 33.3 Å². The van der Waals surface area contributed by atoms with Crippen molar-refractivity contribution in [2.75, 3.05) is 51.4 Å². The maximum absolute atomic E-state index is 5.64. The van der Waals surface area contributed by atoms with Gasteiger partial charge in [-0.05, 0) is 24.0 Å². The van der Waals surface area contributed by atoms with Gasteiger partial charge in [0.1, 0.15) is 0 Å². The number of aliphatic imine (C=N–C) groups is 1. The van der Waals surface area contributed by atoms with Crippen molar-refractivity contribution in [3.8, 4) is 0 Å². The average Bonchev–Trinajstić information content (AvgIpc) is 2.66. The minimum Gasteiger partial charge on any atom is -0.379 e. The van der Waals surface area contributed by atoms with E-state index in [0.29, 0.717) is 6.54 Å². The van der Waals surface area contributed by atoms with Crippen LogP contribution in [0.2, 0.25) is 0 Å². The van der Waals surface area contributed by atoms with Gasteiger partial charge in [-0.3, -0.25) is 0 Å². The van der Waals surface area contributed by atoms with Crippen molar-refractivity contribution in [3.05, 3.63) is 29.8 Å². The van der Waals surface area contributed by atoms with Gasteiger partial charge in [0, 0.05) is 39.0 Å². The second-order valence-electron chi connectivity index (χ2n) is 7.89. The van der Waals surface area contributed by atoms with Gasteiger partial charge in [0.05, 0.1) is 25.9 Å². The van der Waals surface area contributed by atoms with E-state index in [-0.39, 0.29) is 35.5 Å². The summed E-state index contributed by atoms with van der Waals surface area (Å²) in [4.78, 5) is 7.19. The normalized spacial score (nSPS) is 16.3. The molecule has 1 fully saturated rings. The van der Waals surface area contributed by atoms with Crippen LogP contribution in [0.4, 0.5) is 5.69 Å². The molecule has 28 heavy (non-hydrogen) atoms. The monoisotopic (exact) mass is 504 g/mol. The SMILES string of the molecule is CCNC(=NCc1ccccc1N1CCOCC1)NCC(OC)C(C)(C)C.I. The van der Waals surface area contributed by atoms with Crippen molar-refractivity contribution in [1.82, 2.24) is 10.6 Å². The van der Waals surface area contributed by atoms with Crippen molar-refractivity contribution in [3.63, 3.8) is 0 Å². The van der Waals surface area contributed by atoms with E-state index < -0.39 is 0 Å². The maximum Gasteiger partial charge on any atom is 0.191 e. The number of nitrogens with zero attached hydrogens (tertiary/aromatic N) is 2. The van der Waals surface area contributed by atoms with E-state index in [1.54, 1.807) is 7.11 Å². The maximum atomic E-state index is 5.64. The lowest BCUT2D eigenvalue weighted by atomic mass is 9.89. The third-order valence-corrected chi connectivity index (χ3v) is 4.80. The van der Waals surface area contributed by atoms with Crippen molar-refractivity contribution in [2.24, 2.45) is 10.4 Å². The first-order chi connectivity index (χ1) is 13.0. The van der Waals surface area contributed by atoms with E-state index in [0.717, 1.165) is 45.4 Å². The lowest BCUT2D eigenvalue weighted by Gasteiger charge is -2.30. The highest BCUT2D eigenvalue weighted by molar-refractivity contribution is 14.0. The number of methoxy groups -OCH3 is 1. The van der Waals surface area contributed by atoms with Gasteiger partial charge in [-0.25, -0.2) is 4.99 Å². The Morgan fingerprint density at radius 1 is 1.21 bits per heavy atom. The molecule has 0 amide bonds. The number of hydrogen-bond donors (Lipinski definition) is 2. The molecule has 1 aromatic rings. The molecule has 0 spiro atoms. The van der Waals surface area contributed by atoms with Crippen LogP contribution in [-0.4, -0.2) is 58.6 Å². The average molecular weight is 504 g/mol. The molecule has 1 aliphatic heterocycles. The number of halogens is 1. The number of nitrogens with one attached hydrogen (secondary N) is 2. The molecule has 160 valence electrons. The van der Waals surface area contributed by atoms with Gasteiger partial charge in [0.25, 0.3) is 0 Å². The number of para-hydroxylation sites is 1. The van der Waals surface area contributed by atoms with Gasteiger partial charge in [0.15, 0.2) is 5.96 Å². The minimum absolute atomic E-state index is 0. The molecule has 0 bridgehead atoms. The van der Waals surface area contributed by atoms with Gasteiger partial charge in [0.2, 0.25) is 0 Å². The van der Waals surface area contributed by atoms with Crippen LogP contribution in [0.25, 0.3) is 0 Å². The summed E-state index contributed by atoms with van der Waals surface area (Å²) in [6.45, 7) is 14.2. The predicted molar refractivity (Wildman–Crippen MR) is 128 cm³/mol. The van der Waals surface area contributed by atoms with Crippen molar-refractivity contribution in [1.29, 1.82) is 0 Å². The lowest BCUT2D eigenvalue weighted by molar-refractivity contribution is 0.0205. The summed E-state index contributed by atoms with van der Waals surface area (Å²) in [5, 5.41) is 6.76. The molecule has 2 rings (SSSR count). The smallest absolute Gasteiger partial charge is 0.191 e. The van der Waals surface area contributed by atoms with Gasteiger partial charge < -0.3 is 25.0 Å². The number of morpholine rings is 1. The first-order valence-corrected chi connectivity index (χ1v) is 9.91. The zero-order valence-corrected chi connectivity index (χ0v) is 20.3. The van der Waals surface area contributed by atoms with Crippen LogP contribution < -0.4 is 15.5 Å². The third-order valence-electron chi connectivity index (χ3n) is 4.80. The first kappa shape index (κ1) is 25.0. The fourth-order valence-corrected chi connectivity index (χ4v) is 3.20. The Balaban J connectivity index is 0.00000392. The molecule has 1 atom stereocenters. The Morgan fingerprint density at radius 3 is 2.50 bits per heavy atom. The summed E-state index contributed by atoms with van der Waals surface area (Å²) in [5.74, 6) is 0.820. The Morgan fingerprint density at radius 2 is 1.89 bits per heavy atom. The Labute approximate surface area is 187 Å². The predicted octanol–water partition coefficient (Wildman–Crippen LogP) is 3.26.